The summed E-state index contributed by atoms with van der Waals surface area (Å²) in [5.41, 5.74) is 0. The fourth-order valence-corrected chi connectivity index (χ4v) is 2.50. The molecule has 1 aromatic rings. The van der Waals surface area contributed by atoms with Crippen molar-refractivity contribution in [3.8, 4) is 6.01 Å². The van der Waals surface area contributed by atoms with Crippen molar-refractivity contribution in [3.63, 3.8) is 0 Å². The molecule has 21 heavy (non-hydrogen) atoms. The van der Waals surface area contributed by atoms with E-state index < -0.39 is 0 Å². The SMILES string of the molecule is CCNc1nc(NC2CCCN(CC)C2)nc(OCC)n1. The van der Waals surface area contributed by atoms with Crippen molar-refractivity contribution in [2.24, 2.45) is 0 Å². The van der Waals surface area contributed by atoms with E-state index in [0.29, 0.717) is 30.6 Å². The van der Waals surface area contributed by atoms with Crippen molar-refractivity contribution < 1.29 is 4.74 Å². The molecule has 118 valence electrons. The maximum Gasteiger partial charge on any atom is 0.323 e. The molecule has 2 heterocycles. The van der Waals surface area contributed by atoms with Gasteiger partial charge in [0.1, 0.15) is 0 Å². The first-order valence-electron chi connectivity index (χ1n) is 7.86. The van der Waals surface area contributed by atoms with Gasteiger partial charge in [-0.2, -0.15) is 15.0 Å². The normalized spacial score (nSPS) is 19.3. The zero-order chi connectivity index (χ0) is 15.1. The molecule has 1 fully saturated rings. The number of piperidine rings is 1. The van der Waals surface area contributed by atoms with E-state index >= 15 is 0 Å². The summed E-state index contributed by atoms with van der Waals surface area (Å²) in [6, 6.07) is 0.749. The van der Waals surface area contributed by atoms with E-state index in [1.165, 1.54) is 13.0 Å². The standard InChI is InChI=1S/C14H26N6O/c1-4-15-12-17-13(19-14(18-12)21-6-3)16-11-8-7-9-20(5-2)10-11/h11H,4-10H2,1-3H3,(H2,15,16,17,18,19). The molecule has 0 bridgehead atoms. The van der Waals surface area contributed by atoms with Crippen molar-refractivity contribution in [1.82, 2.24) is 19.9 Å². The number of nitrogens with one attached hydrogen (secondary N) is 2. The van der Waals surface area contributed by atoms with Gasteiger partial charge in [0.25, 0.3) is 0 Å². The molecule has 0 saturated carbocycles. The Hall–Kier alpha value is -1.63. The largest absolute Gasteiger partial charge is 0.464 e. The molecule has 0 amide bonds. The Morgan fingerprint density at radius 3 is 2.71 bits per heavy atom. The van der Waals surface area contributed by atoms with E-state index in [-0.39, 0.29) is 0 Å². The molecule has 2 N–H and O–H groups in total. The summed E-state index contributed by atoms with van der Waals surface area (Å²) < 4.78 is 5.41. The number of likely N-dealkylation sites (N-methyl/N-ethyl adjacent to an activating group) is 1. The van der Waals surface area contributed by atoms with Crippen molar-refractivity contribution in [2.75, 3.05) is 43.4 Å². The molecule has 1 saturated heterocycles. The van der Waals surface area contributed by atoms with Crippen LogP contribution in [-0.4, -0.2) is 58.7 Å². The third kappa shape index (κ3) is 4.70. The van der Waals surface area contributed by atoms with Crippen LogP contribution in [0.3, 0.4) is 0 Å². The van der Waals surface area contributed by atoms with Crippen LogP contribution in [0, 0.1) is 0 Å². The molecule has 0 aromatic carbocycles. The Kier molecular flexibility index (Phi) is 5.98. The lowest BCUT2D eigenvalue weighted by Gasteiger charge is -2.32. The second-order valence-electron chi connectivity index (χ2n) is 5.11. The number of likely N-dealkylation sites (tertiary alicyclic amines) is 1. The summed E-state index contributed by atoms with van der Waals surface area (Å²) >= 11 is 0. The van der Waals surface area contributed by atoms with Crippen molar-refractivity contribution in [1.29, 1.82) is 0 Å². The van der Waals surface area contributed by atoms with Gasteiger partial charge in [-0.05, 0) is 39.8 Å². The highest BCUT2D eigenvalue weighted by Crippen LogP contribution is 2.16. The number of ether oxygens (including phenoxy) is 1. The third-order valence-electron chi connectivity index (χ3n) is 3.51. The lowest BCUT2D eigenvalue weighted by molar-refractivity contribution is 0.226. The van der Waals surface area contributed by atoms with Crippen LogP contribution in [0.15, 0.2) is 0 Å². The van der Waals surface area contributed by atoms with Gasteiger partial charge in [0, 0.05) is 19.1 Å². The molecule has 7 heteroatoms. The molecule has 1 aliphatic heterocycles. The highest BCUT2D eigenvalue weighted by molar-refractivity contribution is 5.36. The zero-order valence-electron chi connectivity index (χ0n) is 13.2. The van der Waals surface area contributed by atoms with Crippen LogP contribution in [0.4, 0.5) is 11.9 Å². The summed E-state index contributed by atoms with van der Waals surface area (Å²) in [5, 5.41) is 6.53. The van der Waals surface area contributed by atoms with Gasteiger partial charge < -0.3 is 20.3 Å². The molecule has 1 unspecified atom stereocenters. The highest BCUT2D eigenvalue weighted by Gasteiger charge is 2.20. The Morgan fingerprint density at radius 2 is 2.00 bits per heavy atom. The summed E-state index contributed by atoms with van der Waals surface area (Å²) in [6.45, 7) is 10.7. The van der Waals surface area contributed by atoms with E-state index in [2.05, 4.69) is 37.4 Å². The number of anilines is 2. The minimum absolute atomic E-state index is 0.370. The monoisotopic (exact) mass is 294 g/mol. The van der Waals surface area contributed by atoms with Crippen molar-refractivity contribution in [2.45, 2.75) is 39.7 Å². The zero-order valence-corrected chi connectivity index (χ0v) is 13.2. The summed E-state index contributed by atoms with van der Waals surface area (Å²) in [5.74, 6) is 1.15. The van der Waals surface area contributed by atoms with Gasteiger partial charge in [0.2, 0.25) is 11.9 Å². The van der Waals surface area contributed by atoms with Crippen LogP contribution in [-0.2, 0) is 0 Å². The third-order valence-corrected chi connectivity index (χ3v) is 3.51. The van der Waals surface area contributed by atoms with Crippen LogP contribution in [0.5, 0.6) is 6.01 Å². The molecule has 0 aliphatic carbocycles. The van der Waals surface area contributed by atoms with Crippen LogP contribution >= 0.6 is 0 Å². The average molecular weight is 294 g/mol. The average Bonchev–Trinajstić information content (AvgIpc) is 2.48. The number of rotatable bonds is 7. The van der Waals surface area contributed by atoms with E-state index in [9.17, 15) is 0 Å². The van der Waals surface area contributed by atoms with E-state index in [0.717, 1.165) is 26.1 Å². The molecule has 0 spiro atoms. The lowest BCUT2D eigenvalue weighted by atomic mass is 10.1. The van der Waals surface area contributed by atoms with Gasteiger partial charge in [-0.1, -0.05) is 6.92 Å². The fourth-order valence-electron chi connectivity index (χ4n) is 2.50. The first-order chi connectivity index (χ1) is 10.2. The molecular formula is C14H26N6O. The topological polar surface area (TPSA) is 75.2 Å². The molecule has 1 aromatic heterocycles. The number of hydrogen-bond acceptors (Lipinski definition) is 7. The Balaban J connectivity index is 2.06. The smallest absolute Gasteiger partial charge is 0.323 e. The van der Waals surface area contributed by atoms with Gasteiger partial charge in [-0.3, -0.25) is 0 Å². The van der Waals surface area contributed by atoms with Crippen LogP contribution < -0.4 is 15.4 Å². The van der Waals surface area contributed by atoms with Gasteiger partial charge in [-0.25, -0.2) is 0 Å². The van der Waals surface area contributed by atoms with Crippen LogP contribution in [0.25, 0.3) is 0 Å². The number of hydrogen-bond donors (Lipinski definition) is 2. The van der Waals surface area contributed by atoms with Gasteiger partial charge >= 0.3 is 6.01 Å². The molecule has 1 atom stereocenters. The predicted molar refractivity (Wildman–Crippen MR) is 83.9 cm³/mol. The lowest BCUT2D eigenvalue weighted by Crippen LogP contribution is -2.42. The maximum atomic E-state index is 5.41. The molecule has 2 rings (SSSR count). The van der Waals surface area contributed by atoms with Crippen molar-refractivity contribution in [3.05, 3.63) is 0 Å². The maximum absolute atomic E-state index is 5.41. The van der Waals surface area contributed by atoms with E-state index in [1.807, 2.05) is 13.8 Å². The van der Waals surface area contributed by atoms with Crippen LogP contribution in [0.1, 0.15) is 33.6 Å². The van der Waals surface area contributed by atoms with Crippen molar-refractivity contribution >= 4 is 11.9 Å². The molecule has 1 aliphatic rings. The second kappa shape index (κ2) is 7.97. The fraction of sp³-hybridized carbons (Fsp3) is 0.786. The molecular weight excluding hydrogens is 268 g/mol. The van der Waals surface area contributed by atoms with Gasteiger partial charge in [0.15, 0.2) is 0 Å². The predicted octanol–water partition coefficient (Wildman–Crippen LogP) is 1.60. The quantitative estimate of drug-likeness (QED) is 0.791. The Labute approximate surface area is 126 Å². The number of aromatic nitrogens is 3. The molecule has 0 radical (unpaired) electrons. The van der Waals surface area contributed by atoms with E-state index in [1.54, 1.807) is 0 Å². The summed E-state index contributed by atoms with van der Waals surface area (Å²) in [7, 11) is 0. The highest BCUT2D eigenvalue weighted by atomic mass is 16.5. The first-order valence-corrected chi connectivity index (χ1v) is 7.86. The minimum atomic E-state index is 0.370. The van der Waals surface area contributed by atoms with E-state index in [4.69, 9.17) is 4.74 Å². The second-order valence-corrected chi connectivity index (χ2v) is 5.11. The molecule has 7 nitrogen and oxygen atoms in total. The Morgan fingerprint density at radius 1 is 1.19 bits per heavy atom. The summed E-state index contributed by atoms with van der Waals surface area (Å²) in [4.78, 5) is 15.4. The van der Waals surface area contributed by atoms with Gasteiger partial charge in [0.05, 0.1) is 6.61 Å². The number of nitrogens with zero attached hydrogens (tertiary/aromatic N) is 4. The summed E-state index contributed by atoms with van der Waals surface area (Å²) in [6.07, 6.45) is 2.34. The van der Waals surface area contributed by atoms with Crippen LogP contribution in [0.2, 0.25) is 0 Å². The Bertz CT molecular complexity index is 417. The van der Waals surface area contributed by atoms with Gasteiger partial charge in [-0.15, -0.1) is 0 Å². The first kappa shape index (κ1) is 15.8. The minimum Gasteiger partial charge on any atom is -0.464 e.